The smallest absolute Gasteiger partial charge is 0.241 e. The fourth-order valence-corrected chi connectivity index (χ4v) is 5.05. The first-order chi connectivity index (χ1) is 9.42. The predicted octanol–water partition coefficient (Wildman–Crippen LogP) is 2.53. The van der Waals surface area contributed by atoms with Gasteiger partial charge in [-0.15, -0.1) is 0 Å². The van der Waals surface area contributed by atoms with Crippen molar-refractivity contribution in [2.75, 3.05) is 12.0 Å². The lowest BCUT2D eigenvalue weighted by Crippen LogP contribution is -2.39. The van der Waals surface area contributed by atoms with E-state index in [2.05, 4.69) is 11.0 Å². The molecule has 6 heteroatoms. The molecule has 1 aliphatic rings. The highest BCUT2D eigenvalue weighted by Gasteiger charge is 2.26. The number of nitrogens with one attached hydrogen (secondary N) is 1. The summed E-state index contributed by atoms with van der Waals surface area (Å²) in [6.45, 7) is 1.79. The maximum atomic E-state index is 12.5. The summed E-state index contributed by atoms with van der Waals surface area (Å²) in [6, 6.07) is 5.04. The normalized spacial score (nSPS) is 23.7. The van der Waals surface area contributed by atoms with Crippen LogP contribution in [0.15, 0.2) is 23.1 Å². The second kappa shape index (κ2) is 6.37. The summed E-state index contributed by atoms with van der Waals surface area (Å²) in [7, 11) is -3.48. The molecule has 20 heavy (non-hydrogen) atoms. The van der Waals surface area contributed by atoms with Crippen molar-refractivity contribution in [3.05, 3.63) is 23.8 Å². The zero-order valence-electron chi connectivity index (χ0n) is 11.9. The van der Waals surface area contributed by atoms with Gasteiger partial charge >= 0.3 is 0 Å². The van der Waals surface area contributed by atoms with E-state index in [0.29, 0.717) is 15.8 Å². The summed E-state index contributed by atoms with van der Waals surface area (Å²) in [5.74, 6) is 0. The summed E-state index contributed by atoms with van der Waals surface area (Å²) in [5.41, 5.74) is 6.90. The van der Waals surface area contributed by atoms with E-state index in [1.54, 1.807) is 19.1 Å². The third-order valence-corrected chi connectivity index (χ3v) is 6.54. The molecule has 0 saturated heterocycles. The standard InChI is InChI=1S/C14H22N2O2S2/c1-10-6-7-11(15)8-14(10)20(17,18)16-12-4-3-5-13(9-12)19-2/h6-8,12-13,16H,3-5,9,15H2,1-2H3. The zero-order chi connectivity index (χ0) is 14.8. The van der Waals surface area contributed by atoms with Gasteiger partial charge in [-0.3, -0.25) is 0 Å². The van der Waals surface area contributed by atoms with Crippen LogP contribution in [0.2, 0.25) is 0 Å². The minimum absolute atomic E-state index is 0.0343. The molecule has 0 aliphatic heterocycles. The molecule has 0 amide bonds. The van der Waals surface area contributed by atoms with Crippen molar-refractivity contribution in [3.63, 3.8) is 0 Å². The van der Waals surface area contributed by atoms with Gasteiger partial charge in [-0.25, -0.2) is 13.1 Å². The third-order valence-electron chi connectivity index (χ3n) is 3.78. The molecule has 1 aliphatic carbocycles. The van der Waals surface area contributed by atoms with Gasteiger partial charge in [0, 0.05) is 17.0 Å². The minimum Gasteiger partial charge on any atom is -0.399 e. The Balaban J connectivity index is 2.16. The number of hydrogen-bond acceptors (Lipinski definition) is 4. The van der Waals surface area contributed by atoms with E-state index in [1.165, 1.54) is 12.5 Å². The molecule has 0 spiro atoms. The van der Waals surface area contributed by atoms with Crippen LogP contribution in [-0.2, 0) is 10.0 Å². The van der Waals surface area contributed by atoms with Gasteiger partial charge in [0.15, 0.2) is 0 Å². The summed E-state index contributed by atoms with van der Waals surface area (Å²) >= 11 is 1.82. The molecular weight excluding hydrogens is 292 g/mol. The molecule has 0 aromatic heterocycles. The number of rotatable bonds is 4. The Morgan fingerprint density at radius 2 is 2.10 bits per heavy atom. The summed E-state index contributed by atoms with van der Waals surface area (Å²) < 4.78 is 27.8. The summed E-state index contributed by atoms with van der Waals surface area (Å²) in [4.78, 5) is 0.295. The van der Waals surface area contributed by atoms with Gasteiger partial charge in [-0.1, -0.05) is 12.5 Å². The van der Waals surface area contributed by atoms with Crippen LogP contribution in [0.25, 0.3) is 0 Å². The van der Waals surface area contributed by atoms with Crippen LogP contribution in [-0.4, -0.2) is 26.0 Å². The highest BCUT2D eigenvalue weighted by atomic mass is 32.2. The molecule has 4 nitrogen and oxygen atoms in total. The highest BCUT2D eigenvalue weighted by Crippen LogP contribution is 2.28. The molecule has 1 aromatic rings. The molecular formula is C14H22N2O2S2. The summed E-state index contributed by atoms with van der Waals surface area (Å²) in [5, 5.41) is 0.554. The molecule has 0 bridgehead atoms. The predicted molar refractivity (Wildman–Crippen MR) is 85.5 cm³/mol. The quantitative estimate of drug-likeness (QED) is 0.838. The van der Waals surface area contributed by atoms with Gasteiger partial charge in [0.05, 0.1) is 4.90 Å². The second-order valence-corrected chi connectivity index (χ2v) is 8.19. The van der Waals surface area contributed by atoms with Crippen molar-refractivity contribution in [2.45, 2.75) is 48.8 Å². The van der Waals surface area contributed by atoms with E-state index in [1.807, 2.05) is 11.8 Å². The lowest BCUT2D eigenvalue weighted by atomic mass is 9.96. The van der Waals surface area contributed by atoms with Crippen molar-refractivity contribution in [3.8, 4) is 0 Å². The van der Waals surface area contributed by atoms with Crippen LogP contribution in [0.1, 0.15) is 31.2 Å². The molecule has 2 unspecified atom stereocenters. The van der Waals surface area contributed by atoms with E-state index in [-0.39, 0.29) is 6.04 Å². The Kier molecular flexibility index (Phi) is 4.99. The SMILES string of the molecule is CSC1CCCC(NS(=O)(=O)c2cc(N)ccc2C)C1. The maximum Gasteiger partial charge on any atom is 0.241 e. The van der Waals surface area contributed by atoms with E-state index >= 15 is 0 Å². The fourth-order valence-electron chi connectivity index (χ4n) is 2.66. The summed E-state index contributed by atoms with van der Waals surface area (Å²) in [6.07, 6.45) is 6.16. The molecule has 0 radical (unpaired) electrons. The molecule has 3 N–H and O–H groups in total. The van der Waals surface area contributed by atoms with Crippen LogP contribution in [0.3, 0.4) is 0 Å². The van der Waals surface area contributed by atoms with Crippen LogP contribution < -0.4 is 10.5 Å². The molecule has 112 valence electrons. The first-order valence-corrected chi connectivity index (χ1v) is 9.60. The largest absolute Gasteiger partial charge is 0.399 e. The number of hydrogen-bond donors (Lipinski definition) is 2. The van der Waals surface area contributed by atoms with E-state index in [4.69, 9.17) is 5.73 Å². The van der Waals surface area contributed by atoms with E-state index < -0.39 is 10.0 Å². The monoisotopic (exact) mass is 314 g/mol. The lowest BCUT2D eigenvalue weighted by Gasteiger charge is -2.28. The van der Waals surface area contributed by atoms with Gasteiger partial charge in [0.1, 0.15) is 0 Å². The molecule has 2 rings (SSSR count). The van der Waals surface area contributed by atoms with Crippen LogP contribution in [0.4, 0.5) is 5.69 Å². The topological polar surface area (TPSA) is 72.2 Å². The number of benzene rings is 1. The van der Waals surface area contributed by atoms with Crippen LogP contribution >= 0.6 is 11.8 Å². The minimum atomic E-state index is -3.48. The molecule has 1 aromatic carbocycles. The van der Waals surface area contributed by atoms with Crippen LogP contribution in [0.5, 0.6) is 0 Å². The first-order valence-electron chi connectivity index (χ1n) is 6.83. The molecule has 2 atom stereocenters. The fraction of sp³-hybridized carbons (Fsp3) is 0.571. The van der Waals surface area contributed by atoms with E-state index in [0.717, 1.165) is 24.8 Å². The number of nitrogens with two attached hydrogens (primary N) is 1. The van der Waals surface area contributed by atoms with Crippen LogP contribution in [0, 0.1) is 6.92 Å². The Hall–Kier alpha value is -0.720. The number of thioether (sulfide) groups is 1. The Bertz CT molecular complexity index is 573. The van der Waals surface area contributed by atoms with Crippen molar-refractivity contribution in [1.82, 2.24) is 4.72 Å². The first kappa shape index (κ1) is 15.7. The number of anilines is 1. The van der Waals surface area contributed by atoms with E-state index in [9.17, 15) is 8.42 Å². The average molecular weight is 314 g/mol. The van der Waals surface area contributed by atoms with Gasteiger partial charge in [0.25, 0.3) is 0 Å². The Morgan fingerprint density at radius 1 is 1.35 bits per heavy atom. The third kappa shape index (κ3) is 3.68. The van der Waals surface area contributed by atoms with Gasteiger partial charge in [0.2, 0.25) is 10.0 Å². The highest BCUT2D eigenvalue weighted by molar-refractivity contribution is 7.99. The maximum absolute atomic E-state index is 12.5. The number of nitrogen functional groups attached to an aromatic ring is 1. The molecule has 1 fully saturated rings. The number of aryl methyl sites for hydroxylation is 1. The molecule has 0 heterocycles. The Morgan fingerprint density at radius 3 is 2.80 bits per heavy atom. The second-order valence-electron chi connectivity index (χ2n) is 5.37. The van der Waals surface area contributed by atoms with Crippen molar-refractivity contribution >= 4 is 27.5 Å². The average Bonchev–Trinajstić information content (AvgIpc) is 2.41. The molecule has 1 saturated carbocycles. The van der Waals surface area contributed by atoms with Gasteiger partial charge in [-0.2, -0.15) is 11.8 Å². The number of sulfonamides is 1. The van der Waals surface area contributed by atoms with Gasteiger partial charge in [-0.05, 0) is 50.1 Å². The Labute approximate surface area is 125 Å². The zero-order valence-corrected chi connectivity index (χ0v) is 13.6. The van der Waals surface area contributed by atoms with Gasteiger partial charge < -0.3 is 5.73 Å². The van der Waals surface area contributed by atoms with Crippen molar-refractivity contribution < 1.29 is 8.42 Å². The lowest BCUT2D eigenvalue weighted by molar-refractivity contribution is 0.420. The van der Waals surface area contributed by atoms with Crippen molar-refractivity contribution in [2.24, 2.45) is 0 Å². The van der Waals surface area contributed by atoms with Crippen molar-refractivity contribution in [1.29, 1.82) is 0 Å².